The van der Waals surface area contributed by atoms with Crippen LogP contribution >= 0.6 is 0 Å². The minimum Gasteiger partial charge on any atom is -0.395 e. The quantitative estimate of drug-likeness (QED) is 0.693. The third-order valence-corrected chi connectivity index (χ3v) is 3.90. The lowest BCUT2D eigenvalue weighted by atomic mass is 9.94. The molecule has 2 aliphatic rings. The summed E-state index contributed by atoms with van der Waals surface area (Å²) in [6.45, 7) is 2.44. The SMILES string of the molecule is CC[C@@H](CO)NC1CC2CCC1C2. The van der Waals surface area contributed by atoms with E-state index in [9.17, 15) is 0 Å². The minimum atomic E-state index is 0.296. The highest BCUT2D eigenvalue weighted by molar-refractivity contribution is 4.95. The van der Waals surface area contributed by atoms with Gasteiger partial charge in [0.25, 0.3) is 0 Å². The second-order valence-electron chi connectivity index (χ2n) is 4.74. The van der Waals surface area contributed by atoms with Gasteiger partial charge < -0.3 is 10.4 Å². The van der Waals surface area contributed by atoms with Crippen molar-refractivity contribution in [1.82, 2.24) is 5.32 Å². The lowest BCUT2D eigenvalue weighted by Gasteiger charge is -2.27. The predicted octanol–water partition coefficient (Wildman–Crippen LogP) is 1.54. The number of aliphatic hydroxyl groups is 1. The van der Waals surface area contributed by atoms with Gasteiger partial charge in [-0.1, -0.05) is 13.3 Å². The summed E-state index contributed by atoms with van der Waals surface area (Å²) in [5.41, 5.74) is 0. The summed E-state index contributed by atoms with van der Waals surface area (Å²) in [5, 5.41) is 12.7. The molecule has 2 nitrogen and oxygen atoms in total. The van der Waals surface area contributed by atoms with Crippen molar-refractivity contribution < 1.29 is 5.11 Å². The molecule has 2 heteroatoms. The molecule has 0 amide bonds. The van der Waals surface area contributed by atoms with Gasteiger partial charge in [-0.05, 0) is 37.5 Å². The first-order valence-electron chi connectivity index (χ1n) is 5.70. The normalized spacial score (nSPS) is 39.7. The maximum Gasteiger partial charge on any atom is 0.0584 e. The van der Waals surface area contributed by atoms with Crippen molar-refractivity contribution in [2.45, 2.75) is 51.1 Å². The van der Waals surface area contributed by atoms with Crippen molar-refractivity contribution in [3.63, 3.8) is 0 Å². The van der Waals surface area contributed by atoms with Gasteiger partial charge in [-0.15, -0.1) is 0 Å². The molecule has 0 saturated heterocycles. The van der Waals surface area contributed by atoms with Crippen molar-refractivity contribution in [2.75, 3.05) is 6.61 Å². The Balaban J connectivity index is 1.82. The summed E-state index contributed by atoms with van der Waals surface area (Å²) in [5.74, 6) is 1.92. The first-order valence-corrected chi connectivity index (χ1v) is 5.70. The van der Waals surface area contributed by atoms with Crippen LogP contribution in [0.2, 0.25) is 0 Å². The van der Waals surface area contributed by atoms with Gasteiger partial charge in [-0.25, -0.2) is 0 Å². The summed E-state index contributed by atoms with van der Waals surface area (Å²) in [6.07, 6.45) is 6.73. The Hall–Kier alpha value is -0.0800. The second kappa shape index (κ2) is 3.97. The molecule has 0 spiro atoms. The molecule has 76 valence electrons. The van der Waals surface area contributed by atoms with Gasteiger partial charge >= 0.3 is 0 Å². The van der Waals surface area contributed by atoms with E-state index in [1.54, 1.807) is 0 Å². The molecule has 0 aliphatic heterocycles. The summed E-state index contributed by atoms with van der Waals surface area (Å²) >= 11 is 0. The molecule has 0 aromatic carbocycles. The van der Waals surface area contributed by atoms with Gasteiger partial charge in [-0.3, -0.25) is 0 Å². The van der Waals surface area contributed by atoms with Gasteiger partial charge in [0, 0.05) is 12.1 Å². The van der Waals surface area contributed by atoms with Crippen molar-refractivity contribution in [3.8, 4) is 0 Å². The van der Waals surface area contributed by atoms with Crippen LogP contribution in [0.1, 0.15) is 39.0 Å². The minimum absolute atomic E-state index is 0.296. The maximum atomic E-state index is 9.09. The molecule has 0 aromatic rings. The first-order chi connectivity index (χ1) is 6.33. The molecule has 4 atom stereocenters. The molecule has 2 saturated carbocycles. The van der Waals surface area contributed by atoms with E-state index in [0.717, 1.165) is 24.3 Å². The molecular formula is C11H21NO. The summed E-state index contributed by atoms with van der Waals surface area (Å²) in [7, 11) is 0. The van der Waals surface area contributed by atoms with Gasteiger partial charge in [-0.2, -0.15) is 0 Å². The zero-order valence-corrected chi connectivity index (χ0v) is 8.50. The molecule has 13 heavy (non-hydrogen) atoms. The Morgan fingerprint density at radius 1 is 1.38 bits per heavy atom. The van der Waals surface area contributed by atoms with E-state index in [4.69, 9.17) is 5.11 Å². The number of hydrogen-bond acceptors (Lipinski definition) is 2. The fraction of sp³-hybridized carbons (Fsp3) is 1.00. The van der Waals surface area contributed by atoms with E-state index in [1.165, 1.54) is 25.7 Å². The molecule has 0 aromatic heterocycles. The molecule has 2 fully saturated rings. The molecule has 0 radical (unpaired) electrons. The molecule has 3 unspecified atom stereocenters. The number of hydrogen-bond donors (Lipinski definition) is 2. The molecule has 2 rings (SSSR count). The summed E-state index contributed by atoms with van der Waals surface area (Å²) in [6, 6.07) is 1.06. The summed E-state index contributed by atoms with van der Waals surface area (Å²) < 4.78 is 0. The smallest absolute Gasteiger partial charge is 0.0584 e. The molecule has 2 N–H and O–H groups in total. The molecular weight excluding hydrogens is 162 g/mol. The van der Waals surface area contributed by atoms with E-state index >= 15 is 0 Å². The number of rotatable bonds is 4. The topological polar surface area (TPSA) is 32.3 Å². The average molecular weight is 183 g/mol. The van der Waals surface area contributed by atoms with Crippen LogP contribution in [0.15, 0.2) is 0 Å². The van der Waals surface area contributed by atoms with E-state index in [1.807, 2.05) is 0 Å². The Morgan fingerprint density at radius 3 is 2.69 bits per heavy atom. The Kier molecular flexibility index (Phi) is 2.89. The largest absolute Gasteiger partial charge is 0.395 e. The van der Waals surface area contributed by atoms with Crippen molar-refractivity contribution in [3.05, 3.63) is 0 Å². The van der Waals surface area contributed by atoms with Crippen LogP contribution in [0, 0.1) is 11.8 Å². The van der Waals surface area contributed by atoms with Crippen LogP contribution in [0.3, 0.4) is 0 Å². The second-order valence-corrected chi connectivity index (χ2v) is 4.74. The fourth-order valence-electron chi connectivity index (χ4n) is 3.05. The average Bonchev–Trinajstić information content (AvgIpc) is 2.75. The van der Waals surface area contributed by atoms with Gasteiger partial charge in [0.2, 0.25) is 0 Å². The van der Waals surface area contributed by atoms with Crippen molar-refractivity contribution in [2.24, 2.45) is 11.8 Å². The zero-order chi connectivity index (χ0) is 9.26. The molecule has 2 bridgehead atoms. The summed E-state index contributed by atoms with van der Waals surface area (Å²) in [4.78, 5) is 0. The fourth-order valence-corrected chi connectivity index (χ4v) is 3.05. The Bertz CT molecular complexity index is 167. The number of aliphatic hydroxyl groups excluding tert-OH is 1. The highest BCUT2D eigenvalue weighted by Gasteiger charge is 2.39. The van der Waals surface area contributed by atoms with Crippen LogP contribution in [0.5, 0.6) is 0 Å². The Labute approximate surface area is 80.7 Å². The molecule has 2 aliphatic carbocycles. The zero-order valence-electron chi connectivity index (χ0n) is 8.50. The third kappa shape index (κ3) is 1.89. The van der Waals surface area contributed by atoms with Gasteiger partial charge in [0.15, 0.2) is 0 Å². The van der Waals surface area contributed by atoms with Crippen LogP contribution in [0.25, 0.3) is 0 Å². The highest BCUT2D eigenvalue weighted by atomic mass is 16.3. The highest BCUT2D eigenvalue weighted by Crippen LogP contribution is 2.44. The predicted molar refractivity (Wildman–Crippen MR) is 53.5 cm³/mol. The Morgan fingerprint density at radius 2 is 2.23 bits per heavy atom. The van der Waals surface area contributed by atoms with Crippen LogP contribution in [-0.4, -0.2) is 23.8 Å². The van der Waals surface area contributed by atoms with Gasteiger partial charge in [0.1, 0.15) is 0 Å². The van der Waals surface area contributed by atoms with E-state index in [0.29, 0.717) is 12.6 Å². The van der Waals surface area contributed by atoms with Crippen molar-refractivity contribution >= 4 is 0 Å². The monoisotopic (exact) mass is 183 g/mol. The van der Waals surface area contributed by atoms with E-state index in [-0.39, 0.29) is 0 Å². The first kappa shape index (κ1) is 9.47. The van der Waals surface area contributed by atoms with Gasteiger partial charge in [0.05, 0.1) is 6.61 Å². The third-order valence-electron chi connectivity index (χ3n) is 3.90. The van der Waals surface area contributed by atoms with Crippen LogP contribution in [0.4, 0.5) is 0 Å². The van der Waals surface area contributed by atoms with E-state index in [2.05, 4.69) is 12.2 Å². The van der Waals surface area contributed by atoms with Crippen LogP contribution in [-0.2, 0) is 0 Å². The number of fused-ring (bicyclic) bond motifs is 2. The number of nitrogens with one attached hydrogen (secondary N) is 1. The lowest BCUT2D eigenvalue weighted by Crippen LogP contribution is -2.42. The van der Waals surface area contributed by atoms with E-state index < -0.39 is 0 Å². The standard InChI is InChI=1S/C11H21NO/c1-2-10(7-13)12-11-6-8-3-4-9(11)5-8/h8-13H,2-7H2,1H3/t8?,9?,10-,11?/m0/s1. The van der Waals surface area contributed by atoms with Crippen LogP contribution < -0.4 is 5.32 Å². The van der Waals surface area contributed by atoms with Crippen molar-refractivity contribution in [1.29, 1.82) is 0 Å². The molecule has 0 heterocycles. The maximum absolute atomic E-state index is 9.09. The lowest BCUT2D eigenvalue weighted by molar-refractivity contribution is 0.210.